The van der Waals surface area contributed by atoms with Crippen molar-refractivity contribution >= 4 is 35.2 Å². The van der Waals surface area contributed by atoms with E-state index in [2.05, 4.69) is 12.0 Å². The Morgan fingerprint density at radius 2 is 2.15 bits per heavy atom. The van der Waals surface area contributed by atoms with Crippen molar-refractivity contribution in [3.63, 3.8) is 0 Å². The third-order valence-electron chi connectivity index (χ3n) is 3.78. The van der Waals surface area contributed by atoms with Crippen molar-refractivity contribution in [3.8, 4) is 17.6 Å². The Morgan fingerprint density at radius 1 is 1.41 bits per heavy atom. The van der Waals surface area contributed by atoms with Crippen molar-refractivity contribution in [1.29, 1.82) is 5.26 Å². The molecule has 0 aliphatic carbocycles. The number of rotatable bonds is 7. The summed E-state index contributed by atoms with van der Waals surface area (Å²) >= 11 is 12.4. The Bertz CT molecular complexity index is 914. The van der Waals surface area contributed by atoms with E-state index in [0.717, 1.165) is 12.8 Å². The molecule has 0 aliphatic heterocycles. The molecule has 1 aromatic carbocycles. The van der Waals surface area contributed by atoms with Gasteiger partial charge in [-0.05, 0) is 25.5 Å². The highest BCUT2D eigenvalue weighted by atomic mass is 35.5. The molecule has 0 radical (unpaired) electrons. The molecule has 0 saturated heterocycles. The van der Waals surface area contributed by atoms with E-state index in [1.165, 1.54) is 25.3 Å². The van der Waals surface area contributed by atoms with Crippen LogP contribution in [0.4, 0.5) is 0 Å². The van der Waals surface area contributed by atoms with E-state index in [1.54, 1.807) is 10.8 Å². The molecule has 27 heavy (non-hydrogen) atoms. The van der Waals surface area contributed by atoms with E-state index in [-0.39, 0.29) is 16.5 Å². The number of nitrogens with zero attached hydrogens (tertiary/aromatic N) is 3. The van der Waals surface area contributed by atoms with E-state index in [4.69, 9.17) is 37.9 Å². The highest BCUT2D eigenvalue weighted by Crippen LogP contribution is 2.36. The van der Waals surface area contributed by atoms with Crippen molar-refractivity contribution in [2.45, 2.75) is 33.2 Å². The van der Waals surface area contributed by atoms with Gasteiger partial charge in [-0.1, -0.05) is 36.5 Å². The van der Waals surface area contributed by atoms with Crippen LogP contribution in [0.5, 0.6) is 11.5 Å². The zero-order valence-corrected chi connectivity index (χ0v) is 16.8. The lowest BCUT2D eigenvalue weighted by atomic mass is 10.2. The number of hydrogen-bond donors (Lipinski definition) is 0. The third-order valence-corrected chi connectivity index (χ3v) is 4.46. The summed E-state index contributed by atoms with van der Waals surface area (Å²) in [6.45, 7) is 4.62. The smallest absolute Gasteiger partial charge is 0.336 e. The molecule has 8 heteroatoms. The molecule has 0 aliphatic rings. The second kappa shape index (κ2) is 9.45. The van der Waals surface area contributed by atoms with Gasteiger partial charge in [0.05, 0.1) is 29.5 Å². The minimum absolute atomic E-state index is 0.0503. The average Bonchev–Trinajstić information content (AvgIpc) is 2.92. The summed E-state index contributed by atoms with van der Waals surface area (Å²) in [5, 5.41) is 13.9. The highest BCUT2D eigenvalue weighted by Gasteiger charge is 2.16. The summed E-state index contributed by atoms with van der Waals surface area (Å²) < 4.78 is 12.1. The normalized spacial score (nSPS) is 10.8. The van der Waals surface area contributed by atoms with Crippen LogP contribution in [0.15, 0.2) is 18.2 Å². The zero-order valence-electron chi connectivity index (χ0n) is 15.3. The van der Waals surface area contributed by atoms with Crippen LogP contribution in [0.25, 0.3) is 6.08 Å². The van der Waals surface area contributed by atoms with Crippen LogP contribution < -0.4 is 9.47 Å². The number of aromatic nitrogens is 2. The molecule has 0 N–H and O–H groups in total. The van der Waals surface area contributed by atoms with Gasteiger partial charge in [-0.25, -0.2) is 4.79 Å². The fraction of sp³-hybridized carbons (Fsp3) is 0.316. The number of aryl methyl sites for hydroxylation is 2. The summed E-state index contributed by atoms with van der Waals surface area (Å²) in [6, 6.07) is 4.80. The molecule has 1 aromatic heterocycles. The van der Waals surface area contributed by atoms with E-state index in [9.17, 15) is 4.79 Å². The van der Waals surface area contributed by atoms with E-state index in [0.29, 0.717) is 28.5 Å². The second-order valence-corrected chi connectivity index (χ2v) is 6.49. The first-order chi connectivity index (χ1) is 12.9. The van der Waals surface area contributed by atoms with Crippen LogP contribution in [-0.2, 0) is 11.3 Å². The lowest BCUT2D eigenvalue weighted by molar-refractivity contribution is -0.129. The predicted molar refractivity (Wildman–Crippen MR) is 104 cm³/mol. The maximum atomic E-state index is 12.2. The van der Waals surface area contributed by atoms with E-state index >= 15 is 0 Å². The van der Waals surface area contributed by atoms with Gasteiger partial charge < -0.3 is 9.47 Å². The number of methoxy groups -OCH3 is 1. The lowest BCUT2D eigenvalue weighted by Crippen LogP contribution is -2.06. The number of esters is 1. The van der Waals surface area contributed by atoms with Gasteiger partial charge in [0.1, 0.15) is 5.15 Å². The SMILES string of the molecule is CCCCn1nc(C)c(/C=C/C(=O)Oc2c(Cl)cc(C#N)cc2OC)c1Cl. The number of nitriles is 1. The number of ether oxygens (including phenoxy) is 2. The van der Waals surface area contributed by atoms with Crippen molar-refractivity contribution in [1.82, 2.24) is 9.78 Å². The van der Waals surface area contributed by atoms with Crippen LogP contribution in [0.2, 0.25) is 10.2 Å². The quantitative estimate of drug-likeness (QED) is 0.374. The van der Waals surface area contributed by atoms with Gasteiger partial charge in [0.15, 0.2) is 11.5 Å². The first kappa shape index (κ1) is 20.8. The summed E-state index contributed by atoms with van der Waals surface area (Å²) in [5.41, 5.74) is 1.67. The van der Waals surface area contributed by atoms with Crippen molar-refractivity contribution < 1.29 is 14.3 Å². The first-order valence-corrected chi connectivity index (χ1v) is 9.07. The molecule has 0 saturated carbocycles. The number of carbonyl (C=O) groups is 1. The maximum Gasteiger partial charge on any atom is 0.336 e. The first-order valence-electron chi connectivity index (χ1n) is 8.31. The number of halogens is 2. The molecule has 2 rings (SSSR count). The standard InChI is InChI=1S/C19H19Cl2N3O3/c1-4-5-8-24-19(21)14(12(2)23-24)6-7-17(25)27-18-15(20)9-13(11-22)10-16(18)26-3/h6-7,9-10H,4-5,8H2,1-3H3/b7-6+. The summed E-state index contributed by atoms with van der Waals surface area (Å²) in [4.78, 5) is 12.2. The van der Waals surface area contributed by atoms with Crippen LogP contribution >= 0.6 is 23.2 Å². The van der Waals surface area contributed by atoms with Gasteiger partial charge in [0, 0.05) is 24.3 Å². The van der Waals surface area contributed by atoms with Gasteiger partial charge in [0.25, 0.3) is 0 Å². The number of carbonyl (C=O) groups excluding carboxylic acids is 1. The van der Waals surface area contributed by atoms with Crippen molar-refractivity contribution in [2.75, 3.05) is 7.11 Å². The largest absolute Gasteiger partial charge is 0.493 e. The summed E-state index contributed by atoms with van der Waals surface area (Å²) in [7, 11) is 1.40. The molecular formula is C19H19Cl2N3O3. The molecule has 6 nitrogen and oxygen atoms in total. The number of unbranched alkanes of at least 4 members (excludes halogenated alkanes) is 1. The van der Waals surface area contributed by atoms with Gasteiger partial charge in [0.2, 0.25) is 0 Å². The van der Waals surface area contributed by atoms with Crippen LogP contribution in [0, 0.1) is 18.3 Å². The fourth-order valence-electron chi connectivity index (χ4n) is 2.38. The Hall–Kier alpha value is -2.49. The Kier molecular flexibility index (Phi) is 7.28. The van der Waals surface area contributed by atoms with E-state index < -0.39 is 5.97 Å². The van der Waals surface area contributed by atoms with Crippen LogP contribution in [-0.4, -0.2) is 22.9 Å². The highest BCUT2D eigenvalue weighted by molar-refractivity contribution is 6.32. The Balaban J connectivity index is 2.20. The number of hydrogen-bond acceptors (Lipinski definition) is 5. The molecule has 142 valence electrons. The molecular weight excluding hydrogens is 389 g/mol. The minimum Gasteiger partial charge on any atom is -0.493 e. The molecule has 0 bridgehead atoms. The van der Waals surface area contributed by atoms with Crippen LogP contribution in [0.1, 0.15) is 36.6 Å². The molecule has 2 aromatic rings. The molecule has 0 fully saturated rings. The topological polar surface area (TPSA) is 77.1 Å². The zero-order chi connectivity index (χ0) is 20.0. The monoisotopic (exact) mass is 407 g/mol. The molecule has 0 unspecified atom stereocenters. The van der Waals surface area contributed by atoms with Crippen molar-refractivity contribution in [2.24, 2.45) is 0 Å². The van der Waals surface area contributed by atoms with Gasteiger partial charge in [-0.15, -0.1) is 0 Å². The van der Waals surface area contributed by atoms with Crippen LogP contribution in [0.3, 0.4) is 0 Å². The minimum atomic E-state index is -0.656. The Morgan fingerprint density at radius 3 is 2.78 bits per heavy atom. The maximum absolute atomic E-state index is 12.2. The van der Waals surface area contributed by atoms with Crippen molar-refractivity contribution in [3.05, 3.63) is 45.2 Å². The lowest BCUT2D eigenvalue weighted by Gasteiger charge is -2.10. The van der Waals surface area contributed by atoms with Gasteiger partial charge in [-0.3, -0.25) is 4.68 Å². The summed E-state index contributed by atoms with van der Waals surface area (Å²) in [6.07, 6.45) is 4.79. The molecule has 0 amide bonds. The molecule has 0 atom stereocenters. The molecule has 0 spiro atoms. The van der Waals surface area contributed by atoms with Gasteiger partial charge in [-0.2, -0.15) is 10.4 Å². The second-order valence-electron chi connectivity index (χ2n) is 5.72. The average molecular weight is 408 g/mol. The summed E-state index contributed by atoms with van der Waals surface area (Å²) in [5.74, 6) is -0.409. The number of benzene rings is 1. The van der Waals surface area contributed by atoms with Gasteiger partial charge >= 0.3 is 5.97 Å². The van der Waals surface area contributed by atoms with E-state index in [1.807, 2.05) is 13.0 Å². The third kappa shape index (κ3) is 5.03. The Labute approximate surface area is 167 Å². The fourth-order valence-corrected chi connectivity index (χ4v) is 2.95. The molecule has 1 heterocycles. The predicted octanol–water partition coefficient (Wildman–Crippen LogP) is 4.80.